The van der Waals surface area contributed by atoms with Gasteiger partial charge in [0.2, 0.25) is 6.29 Å². The number of hydrogen-bond acceptors (Lipinski definition) is 4. The van der Waals surface area contributed by atoms with E-state index in [9.17, 15) is 0 Å². The summed E-state index contributed by atoms with van der Waals surface area (Å²) in [6, 6.07) is 0. The Morgan fingerprint density at radius 2 is 1.81 bits per heavy atom. The van der Waals surface area contributed by atoms with E-state index in [2.05, 4.69) is 33.9 Å². The van der Waals surface area contributed by atoms with E-state index < -0.39 is 8.32 Å². The van der Waals surface area contributed by atoms with Crippen LogP contribution in [0.3, 0.4) is 0 Å². The van der Waals surface area contributed by atoms with Crippen molar-refractivity contribution in [3.05, 3.63) is 0 Å². The van der Waals surface area contributed by atoms with Crippen LogP contribution in [-0.4, -0.2) is 27.0 Å². The molecule has 3 atom stereocenters. The summed E-state index contributed by atoms with van der Waals surface area (Å²) in [4.78, 5) is 10.1. The molecule has 5 heteroatoms. The van der Waals surface area contributed by atoms with Gasteiger partial charge in [0, 0.05) is 6.42 Å². The highest BCUT2D eigenvalue weighted by atomic mass is 28.4. The second-order valence-corrected chi connectivity index (χ2v) is 10.9. The molecule has 0 aromatic rings. The minimum Gasteiger partial charge on any atom is -0.409 e. The zero-order chi connectivity index (χ0) is 12.0. The fourth-order valence-corrected chi connectivity index (χ4v) is 3.02. The van der Waals surface area contributed by atoms with Crippen molar-refractivity contribution in [3.63, 3.8) is 0 Å². The molecule has 0 aliphatic carbocycles. The van der Waals surface area contributed by atoms with Crippen molar-refractivity contribution in [2.75, 3.05) is 0 Å². The third kappa shape index (κ3) is 2.33. The molecular formula is C11H22O4Si. The highest BCUT2D eigenvalue weighted by molar-refractivity contribution is 6.74. The van der Waals surface area contributed by atoms with Crippen molar-refractivity contribution >= 4 is 8.32 Å². The number of fused-ring (bicyclic) bond motifs is 2. The van der Waals surface area contributed by atoms with E-state index in [0.29, 0.717) is 0 Å². The first-order chi connectivity index (χ1) is 7.29. The lowest BCUT2D eigenvalue weighted by molar-refractivity contribution is -0.298. The molecule has 0 aromatic heterocycles. The van der Waals surface area contributed by atoms with Crippen molar-refractivity contribution in [3.8, 4) is 0 Å². The average Bonchev–Trinajstić information content (AvgIpc) is 2.52. The number of hydrogen-bond donors (Lipinski definition) is 0. The van der Waals surface area contributed by atoms with Crippen LogP contribution >= 0.6 is 0 Å². The molecule has 0 aromatic carbocycles. The second-order valence-electron chi connectivity index (χ2n) is 6.12. The van der Waals surface area contributed by atoms with Gasteiger partial charge in [0.15, 0.2) is 14.6 Å². The third-order valence-electron chi connectivity index (χ3n) is 3.79. The lowest BCUT2D eigenvalue weighted by atomic mass is 10.1. The van der Waals surface area contributed by atoms with Crippen molar-refractivity contribution in [1.29, 1.82) is 0 Å². The smallest absolute Gasteiger partial charge is 0.219 e. The van der Waals surface area contributed by atoms with E-state index in [-0.39, 0.29) is 23.7 Å². The summed E-state index contributed by atoms with van der Waals surface area (Å²) in [5.74, 6) is 0. The van der Waals surface area contributed by atoms with Gasteiger partial charge in [-0.2, -0.15) is 4.89 Å². The van der Waals surface area contributed by atoms with Crippen LogP contribution in [0.4, 0.5) is 0 Å². The minimum atomic E-state index is -1.75. The fraction of sp³-hybridized carbons (Fsp3) is 1.00. The largest absolute Gasteiger partial charge is 0.409 e. The van der Waals surface area contributed by atoms with E-state index in [4.69, 9.17) is 18.9 Å². The van der Waals surface area contributed by atoms with Crippen LogP contribution in [0.25, 0.3) is 0 Å². The molecule has 94 valence electrons. The van der Waals surface area contributed by atoms with Crippen molar-refractivity contribution in [2.24, 2.45) is 0 Å². The Bertz CT molecular complexity index is 261. The third-order valence-corrected chi connectivity index (χ3v) is 8.29. The van der Waals surface area contributed by atoms with Gasteiger partial charge in [0.1, 0.15) is 0 Å². The zero-order valence-corrected chi connectivity index (χ0v) is 11.8. The summed E-state index contributed by atoms with van der Waals surface area (Å²) in [6.45, 7) is 11.2. The van der Waals surface area contributed by atoms with E-state index in [1.807, 2.05) is 0 Å². The first kappa shape index (κ1) is 12.5. The first-order valence-electron chi connectivity index (χ1n) is 5.95. The lowest BCUT2D eigenvalue weighted by Crippen LogP contribution is -2.48. The molecule has 4 nitrogen and oxygen atoms in total. The van der Waals surface area contributed by atoms with Crippen molar-refractivity contribution < 1.29 is 18.9 Å². The molecule has 0 amide bonds. The summed E-state index contributed by atoms with van der Waals surface area (Å²) in [5.41, 5.74) is 0. The van der Waals surface area contributed by atoms with Gasteiger partial charge in [-0.05, 0) is 24.6 Å². The summed E-state index contributed by atoms with van der Waals surface area (Å²) in [6.07, 6.45) is 1.34. The molecule has 2 rings (SSSR count). The van der Waals surface area contributed by atoms with Crippen LogP contribution < -0.4 is 0 Å². The van der Waals surface area contributed by atoms with Crippen LogP contribution in [0, 0.1) is 0 Å². The summed E-state index contributed by atoms with van der Waals surface area (Å²) in [5, 5.41) is 0.212. The Balaban J connectivity index is 1.99. The molecule has 0 unspecified atom stereocenters. The van der Waals surface area contributed by atoms with E-state index >= 15 is 0 Å². The molecule has 2 heterocycles. The Morgan fingerprint density at radius 3 is 2.44 bits per heavy atom. The standard InChI is InChI=1S/C11H22O4Si/c1-11(2,3)16(4,5)15-8-6-7-9-12-10(8)14-13-9/h8-10H,6-7H2,1-5H3/t8-,9-,10+/m1/s1. The number of rotatable bonds is 2. The first-order valence-corrected chi connectivity index (χ1v) is 8.86. The second kappa shape index (κ2) is 4.06. The molecule has 0 saturated carbocycles. The summed E-state index contributed by atoms with van der Waals surface area (Å²) in [7, 11) is -1.75. The van der Waals surface area contributed by atoms with Crippen molar-refractivity contribution in [1.82, 2.24) is 0 Å². The van der Waals surface area contributed by atoms with Gasteiger partial charge in [-0.3, -0.25) is 0 Å². The SMILES string of the molecule is CC(C)(C)[Si](C)(C)O[C@@H]1CC[C@H]2OO[C@@H]1O2. The fourth-order valence-electron chi connectivity index (χ4n) is 1.68. The van der Waals surface area contributed by atoms with Crippen LogP contribution in [0.1, 0.15) is 33.6 Å². The molecule has 2 bridgehead atoms. The topological polar surface area (TPSA) is 36.9 Å². The van der Waals surface area contributed by atoms with Gasteiger partial charge in [0.05, 0.1) is 6.10 Å². The van der Waals surface area contributed by atoms with Crippen LogP contribution in [0.2, 0.25) is 18.1 Å². The Kier molecular flexibility index (Phi) is 3.18. The molecule has 0 spiro atoms. The van der Waals surface area contributed by atoms with Crippen LogP contribution in [0.15, 0.2) is 0 Å². The zero-order valence-electron chi connectivity index (χ0n) is 10.8. The van der Waals surface area contributed by atoms with Gasteiger partial charge in [-0.25, -0.2) is 4.89 Å². The Morgan fingerprint density at radius 1 is 1.12 bits per heavy atom. The van der Waals surface area contributed by atoms with E-state index in [1.54, 1.807) is 0 Å². The van der Waals surface area contributed by atoms with E-state index in [0.717, 1.165) is 12.8 Å². The van der Waals surface area contributed by atoms with Crippen molar-refractivity contribution in [2.45, 2.75) is 70.4 Å². The molecule has 2 aliphatic heterocycles. The average molecular weight is 246 g/mol. The Hall–Kier alpha value is 0.0569. The summed E-state index contributed by atoms with van der Waals surface area (Å²) >= 11 is 0. The monoisotopic (exact) mass is 246 g/mol. The predicted molar refractivity (Wildman–Crippen MR) is 62.1 cm³/mol. The molecule has 16 heavy (non-hydrogen) atoms. The predicted octanol–water partition coefficient (Wildman–Crippen LogP) is 2.80. The number of ether oxygens (including phenoxy) is 1. The normalized spacial score (nSPS) is 35.4. The maximum Gasteiger partial charge on any atom is 0.219 e. The quantitative estimate of drug-likeness (QED) is 0.554. The van der Waals surface area contributed by atoms with Gasteiger partial charge in [0.25, 0.3) is 0 Å². The minimum absolute atomic E-state index is 0.0274. The molecule has 2 saturated heterocycles. The molecule has 2 aliphatic rings. The molecule has 2 fully saturated rings. The van der Waals surface area contributed by atoms with Gasteiger partial charge in [-0.1, -0.05) is 20.8 Å². The highest BCUT2D eigenvalue weighted by Gasteiger charge is 2.46. The Labute approximate surface area is 98.3 Å². The van der Waals surface area contributed by atoms with Gasteiger partial charge >= 0.3 is 0 Å². The van der Waals surface area contributed by atoms with E-state index in [1.165, 1.54) is 0 Å². The lowest BCUT2D eigenvalue weighted by Gasteiger charge is -2.40. The highest BCUT2D eigenvalue weighted by Crippen LogP contribution is 2.40. The van der Waals surface area contributed by atoms with Crippen LogP contribution in [0.5, 0.6) is 0 Å². The maximum atomic E-state index is 6.28. The molecule has 0 radical (unpaired) electrons. The van der Waals surface area contributed by atoms with Gasteiger partial charge < -0.3 is 9.16 Å². The summed E-state index contributed by atoms with van der Waals surface area (Å²) < 4.78 is 11.8. The van der Waals surface area contributed by atoms with Gasteiger partial charge in [-0.15, -0.1) is 0 Å². The molecule has 0 N–H and O–H groups in total. The van der Waals surface area contributed by atoms with Crippen LogP contribution in [-0.2, 0) is 18.9 Å². The molecular weight excluding hydrogens is 224 g/mol. The maximum absolute atomic E-state index is 6.28.